The van der Waals surface area contributed by atoms with Gasteiger partial charge in [0.15, 0.2) is 0 Å². The molecule has 0 aliphatic rings. The van der Waals surface area contributed by atoms with Crippen molar-refractivity contribution in [3.05, 3.63) is 29.8 Å². The molecule has 0 aliphatic carbocycles. The molecular formula is C15H25NO. The van der Waals surface area contributed by atoms with Crippen molar-refractivity contribution in [1.82, 2.24) is 0 Å². The highest BCUT2D eigenvalue weighted by atomic mass is 16.3. The maximum Gasteiger partial charge on any atom is 0.115 e. The third kappa shape index (κ3) is 2.32. The minimum Gasteiger partial charge on any atom is -0.508 e. The molecule has 0 aromatic heterocycles. The Morgan fingerprint density at radius 1 is 0.941 bits per heavy atom. The topological polar surface area (TPSA) is 46.2 Å². The van der Waals surface area contributed by atoms with E-state index >= 15 is 0 Å². The highest BCUT2D eigenvalue weighted by Gasteiger charge is 2.48. The second kappa shape index (κ2) is 4.02. The molecule has 0 amide bonds. The Labute approximate surface area is 105 Å². The van der Waals surface area contributed by atoms with Crippen molar-refractivity contribution in [1.29, 1.82) is 0 Å². The maximum absolute atomic E-state index is 9.65. The summed E-state index contributed by atoms with van der Waals surface area (Å²) < 4.78 is 0. The van der Waals surface area contributed by atoms with Gasteiger partial charge in [-0.25, -0.2) is 0 Å². The molecular weight excluding hydrogens is 210 g/mol. The van der Waals surface area contributed by atoms with Crippen molar-refractivity contribution < 1.29 is 5.11 Å². The largest absolute Gasteiger partial charge is 0.508 e. The zero-order valence-electron chi connectivity index (χ0n) is 11.8. The van der Waals surface area contributed by atoms with Gasteiger partial charge < -0.3 is 10.8 Å². The standard InChI is InChI=1S/C15H25NO/c1-13(2,3)15(16,14(4,5)6)11-8-7-9-12(17)10-11/h7-10,17H,16H2,1-6H3. The van der Waals surface area contributed by atoms with E-state index in [4.69, 9.17) is 5.73 Å². The average molecular weight is 235 g/mol. The Kier molecular flexibility index (Phi) is 3.32. The number of benzene rings is 1. The number of rotatable bonds is 1. The number of aromatic hydroxyl groups is 1. The first-order valence-corrected chi connectivity index (χ1v) is 6.08. The molecule has 0 heterocycles. The van der Waals surface area contributed by atoms with Crippen LogP contribution in [0.3, 0.4) is 0 Å². The third-order valence-electron chi connectivity index (χ3n) is 3.67. The van der Waals surface area contributed by atoms with Gasteiger partial charge in [-0.15, -0.1) is 0 Å². The van der Waals surface area contributed by atoms with E-state index < -0.39 is 5.54 Å². The van der Waals surface area contributed by atoms with Crippen molar-refractivity contribution in [2.75, 3.05) is 0 Å². The minimum atomic E-state index is -0.501. The van der Waals surface area contributed by atoms with Gasteiger partial charge in [-0.3, -0.25) is 0 Å². The number of nitrogens with two attached hydrogens (primary N) is 1. The summed E-state index contributed by atoms with van der Waals surface area (Å²) in [6, 6.07) is 7.30. The summed E-state index contributed by atoms with van der Waals surface area (Å²) in [7, 11) is 0. The predicted molar refractivity (Wildman–Crippen MR) is 72.9 cm³/mol. The van der Waals surface area contributed by atoms with E-state index in [1.165, 1.54) is 0 Å². The van der Waals surface area contributed by atoms with Crippen molar-refractivity contribution in [2.45, 2.75) is 47.1 Å². The van der Waals surface area contributed by atoms with Crippen LogP contribution in [0.5, 0.6) is 5.75 Å². The van der Waals surface area contributed by atoms with Gasteiger partial charge in [0, 0.05) is 0 Å². The van der Waals surface area contributed by atoms with E-state index in [2.05, 4.69) is 41.5 Å². The lowest BCUT2D eigenvalue weighted by Gasteiger charge is -2.51. The summed E-state index contributed by atoms with van der Waals surface area (Å²) in [6.45, 7) is 12.8. The lowest BCUT2D eigenvalue weighted by molar-refractivity contribution is 0.0568. The van der Waals surface area contributed by atoms with Crippen LogP contribution in [0.2, 0.25) is 0 Å². The number of phenolic OH excluding ortho intramolecular Hbond substituents is 1. The van der Waals surface area contributed by atoms with Crippen LogP contribution in [-0.2, 0) is 5.54 Å². The van der Waals surface area contributed by atoms with Gasteiger partial charge in [0.1, 0.15) is 5.75 Å². The first-order valence-electron chi connectivity index (χ1n) is 6.08. The molecule has 17 heavy (non-hydrogen) atoms. The Morgan fingerprint density at radius 3 is 1.76 bits per heavy atom. The first-order chi connectivity index (χ1) is 7.50. The summed E-state index contributed by atoms with van der Waals surface area (Å²) in [5.41, 5.74) is 7.02. The van der Waals surface area contributed by atoms with Crippen molar-refractivity contribution in [2.24, 2.45) is 16.6 Å². The fraction of sp³-hybridized carbons (Fsp3) is 0.600. The van der Waals surface area contributed by atoms with Gasteiger partial charge in [-0.05, 0) is 28.5 Å². The van der Waals surface area contributed by atoms with Crippen LogP contribution < -0.4 is 5.73 Å². The van der Waals surface area contributed by atoms with E-state index in [0.717, 1.165) is 5.56 Å². The molecule has 3 N–H and O–H groups in total. The molecule has 0 bridgehead atoms. The molecule has 0 aliphatic heterocycles. The quantitative estimate of drug-likeness (QED) is 0.780. The second-order valence-corrected chi connectivity index (χ2v) is 6.86. The summed E-state index contributed by atoms with van der Waals surface area (Å²) in [5, 5.41) is 9.65. The van der Waals surface area contributed by atoms with Crippen LogP contribution >= 0.6 is 0 Å². The molecule has 0 fully saturated rings. The second-order valence-electron chi connectivity index (χ2n) is 6.86. The molecule has 1 rings (SSSR count). The van der Waals surface area contributed by atoms with Crippen LogP contribution in [0.15, 0.2) is 24.3 Å². The third-order valence-corrected chi connectivity index (χ3v) is 3.67. The molecule has 0 saturated carbocycles. The van der Waals surface area contributed by atoms with Gasteiger partial charge in [-0.2, -0.15) is 0 Å². The highest BCUT2D eigenvalue weighted by molar-refractivity contribution is 5.35. The highest BCUT2D eigenvalue weighted by Crippen LogP contribution is 2.49. The zero-order valence-corrected chi connectivity index (χ0v) is 11.8. The molecule has 96 valence electrons. The Balaban J connectivity index is 3.46. The smallest absolute Gasteiger partial charge is 0.115 e. The van der Waals surface area contributed by atoms with Gasteiger partial charge in [0.05, 0.1) is 5.54 Å². The van der Waals surface area contributed by atoms with Crippen LogP contribution in [0.1, 0.15) is 47.1 Å². The van der Waals surface area contributed by atoms with Gasteiger partial charge in [-0.1, -0.05) is 53.7 Å². The molecule has 1 aromatic rings. The summed E-state index contributed by atoms with van der Waals surface area (Å²) in [4.78, 5) is 0. The van der Waals surface area contributed by atoms with Crippen LogP contribution in [-0.4, -0.2) is 5.11 Å². The normalized spacial score (nSPS) is 13.8. The van der Waals surface area contributed by atoms with E-state index in [1.54, 1.807) is 12.1 Å². The number of phenols is 1. The molecule has 0 spiro atoms. The van der Waals surface area contributed by atoms with Crippen molar-refractivity contribution >= 4 is 0 Å². The van der Waals surface area contributed by atoms with Crippen LogP contribution in [0.4, 0.5) is 0 Å². The van der Waals surface area contributed by atoms with Crippen molar-refractivity contribution in [3.63, 3.8) is 0 Å². The monoisotopic (exact) mass is 235 g/mol. The molecule has 0 unspecified atom stereocenters. The Morgan fingerprint density at radius 2 is 1.41 bits per heavy atom. The first kappa shape index (κ1) is 14.0. The number of hydrogen-bond acceptors (Lipinski definition) is 2. The molecule has 1 aromatic carbocycles. The molecule has 0 radical (unpaired) electrons. The minimum absolute atomic E-state index is 0.0982. The van der Waals surface area contributed by atoms with Crippen LogP contribution in [0.25, 0.3) is 0 Å². The Bertz CT molecular complexity index is 382. The Hall–Kier alpha value is -1.02. The summed E-state index contributed by atoms with van der Waals surface area (Å²) in [6.07, 6.45) is 0. The van der Waals surface area contributed by atoms with E-state index in [9.17, 15) is 5.11 Å². The SMILES string of the molecule is CC(C)(C)C(N)(c1cccc(O)c1)C(C)(C)C. The van der Waals surface area contributed by atoms with Crippen molar-refractivity contribution in [3.8, 4) is 5.75 Å². The molecule has 0 saturated heterocycles. The number of hydrogen-bond donors (Lipinski definition) is 2. The molecule has 2 heteroatoms. The molecule has 0 atom stereocenters. The predicted octanol–water partition coefficient (Wildman–Crippen LogP) is 3.64. The van der Waals surface area contributed by atoms with E-state index in [-0.39, 0.29) is 16.6 Å². The lowest BCUT2D eigenvalue weighted by Crippen LogP contribution is -2.57. The summed E-state index contributed by atoms with van der Waals surface area (Å²) in [5.74, 6) is 0.269. The molecule has 2 nitrogen and oxygen atoms in total. The lowest BCUT2D eigenvalue weighted by atomic mass is 9.57. The van der Waals surface area contributed by atoms with E-state index in [1.807, 2.05) is 12.1 Å². The van der Waals surface area contributed by atoms with Gasteiger partial charge in [0.2, 0.25) is 0 Å². The fourth-order valence-electron chi connectivity index (χ4n) is 2.74. The fourth-order valence-corrected chi connectivity index (χ4v) is 2.74. The average Bonchev–Trinajstić information content (AvgIpc) is 2.12. The van der Waals surface area contributed by atoms with E-state index in [0.29, 0.717) is 0 Å². The van der Waals surface area contributed by atoms with Crippen LogP contribution in [0, 0.1) is 10.8 Å². The van der Waals surface area contributed by atoms with Gasteiger partial charge in [0.25, 0.3) is 0 Å². The van der Waals surface area contributed by atoms with Gasteiger partial charge >= 0.3 is 0 Å². The zero-order chi connectivity index (χ0) is 13.5. The summed E-state index contributed by atoms with van der Waals surface area (Å²) >= 11 is 0. The maximum atomic E-state index is 9.65.